The first-order valence-corrected chi connectivity index (χ1v) is 9.21. The molecule has 0 unspecified atom stereocenters. The molecule has 7 heteroatoms. The van der Waals surface area contributed by atoms with Crippen molar-refractivity contribution >= 4 is 27.8 Å². The number of guanidine groups is 1. The van der Waals surface area contributed by atoms with Gasteiger partial charge in [-0.25, -0.2) is 8.42 Å². The van der Waals surface area contributed by atoms with Crippen molar-refractivity contribution in [2.24, 2.45) is 16.5 Å². The van der Waals surface area contributed by atoms with Crippen LogP contribution in [0.4, 0.5) is 0 Å². The minimum absolute atomic E-state index is 0.0880. The topological polar surface area (TPSA) is 116 Å². The number of sulfone groups is 1. The van der Waals surface area contributed by atoms with Gasteiger partial charge in [-0.05, 0) is 36.6 Å². The number of rotatable bonds is 6. The normalized spacial score (nSPS) is 11.6. The molecule has 4 N–H and O–H groups in total. The number of carbonyl (C=O) groups excluding carboxylic acids is 1. The number of allylic oxidation sites excluding steroid dienone is 1. The lowest BCUT2D eigenvalue weighted by Crippen LogP contribution is -2.24. The van der Waals surface area contributed by atoms with Crippen molar-refractivity contribution in [3.63, 3.8) is 0 Å². The third kappa shape index (κ3) is 5.52. The van der Waals surface area contributed by atoms with Crippen molar-refractivity contribution in [2.45, 2.75) is 38.0 Å². The van der Waals surface area contributed by atoms with E-state index in [0.717, 1.165) is 25.5 Å². The van der Waals surface area contributed by atoms with Crippen LogP contribution < -0.4 is 11.5 Å². The van der Waals surface area contributed by atoms with Crippen LogP contribution in [0.15, 0.2) is 28.1 Å². The van der Waals surface area contributed by atoms with Gasteiger partial charge < -0.3 is 11.5 Å². The van der Waals surface area contributed by atoms with Crippen molar-refractivity contribution in [1.82, 2.24) is 0 Å². The van der Waals surface area contributed by atoms with Crippen LogP contribution >= 0.6 is 0 Å². The third-order valence-electron chi connectivity index (χ3n) is 3.24. The second-order valence-electron chi connectivity index (χ2n) is 5.36. The lowest BCUT2D eigenvalue weighted by molar-refractivity contribution is 0.100. The second kappa shape index (κ2) is 7.92. The Kier molecular flexibility index (Phi) is 6.50. The predicted octanol–water partition coefficient (Wildman–Crippen LogP) is 2.02. The Morgan fingerprint density at radius 3 is 2.48 bits per heavy atom. The Hall–Kier alpha value is -2.15. The molecule has 0 saturated carbocycles. The van der Waals surface area contributed by atoms with Gasteiger partial charge in [0.05, 0.1) is 4.90 Å². The summed E-state index contributed by atoms with van der Waals surface area (Å²) >= 11 is 0. The van der Waals surface area contributed by atoms with Gasteiger partial charge in [0.15, 0.2) is 15.8 Å². The Bertz CT molecular complexity index is 746. The van der Waals surface area contributed by atoms with Crippen molar-refractivity contribution in [3.8, 4) is 0 Å². The van der Waals surface area contributed by atoms with Crippen LogP contribution in [0.3, 0.4) is 0 Å². The maximum absolute atomic E-state index is 12.0. The average Bonchev–Trinajstić information content (AvgIpc) is 2.41. The monoisotopic (exact) mass is 337 g/mol. The number of hydrogen-bond acceptors (Lipinski definition) is 3. The number of nitrogens with two attached hydrogens (primary N) is 2. The number of aryl methyl sites for hydroxylation is 1. The Balaban J connectivity index is 3.39. The number of carbonyl (C=O) groups is 1. The van der Waals surface area contributed by atoms with Crippen LogP contribution in [0.1, 0.15) is 47.7 Å². The molecule has 1 aromatic carbocycles. The fourth-order valence-electron chi connectivity index (χ4n) is 2.10. The highest BCUT2D eigenvalue weighted by Crippen LogP contribution is 2.23. The summed E-state index contributed by atoms with van der Waals surface area (Å²) in [6.07, 6.45) is 7.78. The van der Waals surface area contributed by atoms with Gasteiger partial charge in [0.25, 0.3) is 5.91 Å². The molecule has 126 valence electrons. The molecule has 0 aliphatic rings. The number of nitrogens with zero attached hydrogens (tertiary/aromatic N) is 1. The molecule has 0 aliphatic heterocycles. The van der Waals surface area contributed by atoms with Gasteiger partial charge in [0.1, 0.15) is 0 Å². The third-order valence-corrected chi connectivity index (χ3v) is 4.39. The zero-order valence-corrected chi connectivity index (χ0v) is 14.5. The van der Waals surface area contributed by atoms with E-state index < -0.39 is 15.7 Å². The first-order chi connectivity index (χ1) is 10.7. The average molecular weight is 337 g/mol. The lowest BCUT2D eigenvalue weighted by Gasteiger charge is -2.09. The smallest absolute Gasteiger partial charge is 0.280 e. The van der Waals surface area contributed by atoms with Crippen LogP contribution in [0.25, 0.3) is 6.08 Å². The van der Waals surface area contributed by atoms with Gasteiger partial charge in [-0.2, -0.15) is 4.99 Å². The molecule has 1 rings (SSSR count). The van der Waals surface area contributed by atoms with Gasteiger partial charge in [0.2, 0.25) is 0 Å². The maximum Gasteiger partial charge on any atom is 0.280 e. The van der Waals surface area contributed by atoms with E-state index >= 15 is 0 Å². The number of hydrogen-bond donors (Lipinski definition) is 2. The fraction of sp³-hybridized carbons (Fsp3) is 0.375. The molecule has 0 radical (unpaired) electrons. The molecule has 23 heavy (non-hydrogen) atoms. The van der Waals surface area contributed by atoms with Crippen molar-refractivity contribution in [3.05, 3.63) is 34.9 Å². The van der Waals surface area contributed by atoms with E-state index in [1.54, 1.807) is 19.1 Å². The summed E-state index contributed by atoms with van der Waals surface area (Å²) in [6.45, 7) is 3.80. The Labute approximate surface area is 137 Å². The highest BCUT2D eigenvalue weighted by atomic mass is 32.2. The van der Waals surface area contributed by atoms with E-state index in [9.17, 15) is 13.2 Å². The molecule has 0 saturated heterocycles. The molecule has 0 aliphatic carbocycles. The summed E-state index contributed by atoms with van der Waals surface area (Å²) in [5.41, 5.74) is 11.8. The summed E-state index contributed by atoms with van der Waals surface area (Å²) in [6, 6.07) is 2.99. The molecule has 0 bridgehead atoms. The fourth-order valence-corrected chi connectivity index (χ4v) is 2.99. The SMILES string of the molecule is CCCCC=Cc1cc(C)c(C(=O)N=C(N)N)cc1S(C)(=O)=O. The van der Waals surface area contributed by atoms with Gasteiger partial charge in [-0.1, -0.05) is 31.9 Å². The van der Waals surface area contributed by atoms with E-state index in [0.29, 0.717) is 11.1 Å². The van der Waals surface area contributed by atoms with Crippen LogP contribution in [0.5, 0.6) is 0 Å². The summed E-state index contributed by atoms with van der Waals surface area (Å²) < 4.78 is 24.0. The van der Waals surface area contributed by atoms with Crippen molar-refractivity contribution < 1.29 is 13.2 Å². The van der Waals surface area contributed by atoms with E-state index in [-0.39, 0.29) is 16.4 Å². The number of aliphatic imine (C=N–C) groups is 1. The Morgan fingerprint density at radius 2 is 1.96 bits per heavy atom. The maximum atomic E-state index is 12.0. The highest BCUT2D eigenvalue weighted by molar-refractivity contribution is 7.90. The molecular formula is C16H23N3O3S. The van der Waals surface area contributed by atoms with Crippen LogP contribution in [-0.4, -0.2) is 26.5 Å². The van der Waals surface area contributed by atoms with Crippen LogP contribution in [0.2, 0.25) is 0 Å². The second-order valence-corrected chi connectivity index (χ2v) is 7.35. The van der Waals surface area contributed by atoms with Gasteiger partial charge in [0, 0.05) is 11.8 Å². The molecule has 0 spiro atoms. The molecule has 1 aromatic rings. The predicted molar refractivity (Wildman–Crippen MR) is 93.0 cm³/mol. The molecular weight excluding hydrogens is 314 g/mol. The first kappa shape index (κ1) is 18.9. The molecule has 6 nitrogen and oxygen atoms in total. The van der Waals surface area contributed by atoms with E-state index in [2.05, 4.69) is 11.9 Å². The zero-order valence-electron chi connectivity index (χ0n) is 13.7. The molecule has 0 fully saturated rings. The largest absolute Gasteiger partial charge is 0.370 e. The molecule has 0 atom stereocenters. The van der Waals surface area contributed by atoms with Crippen molar-refractivity contribution in [1.29, 1.82) is 0 Å². The van der Waals surface area contributed by atoms with Crippen molar-refractivity contribution in [2.75, 3.05) is 6.26 Å². The minimum Gasteiger partial charge on any atom is -0.370 e. The number of unbranched alkanes of at least 4 members (excludes halogenated alkanes) is 2. The minimum atomic E-state index is -3.49. The summed E-state index contributed by atoms with van der Waals surface area (Å²) in [5, 5.41) is 0. The molecule has 0 heterocycles. The summed E-state index contributed by atoms with van der Waals surface area (Å²) in [7, 11) is -3.49. The van der Waals surface area contributed by atoms with Gasteiger partial charge >= 0.3 is 0 Å². The van der Waals surface area contributed by atoms with Crippen LogP contribution in [-0.2, 0) is 9.84 Å². The molecule has 0 aromatic heterocycles. The van der Waals surface area contributed by atoms with E-state index in [4.69, 9.17) is 11.5 Å². The number of amides is 1. The summed E-state index contributed by atoms with van der Waals surface area (Å²) in [5.74, 6) is -1.02. The summed E-state index contributed by atoms with van der Waals surface area (Å²) in [4.78, 5) is 15.6. The highest BCUT2D eigenvalue weighted by Gasteiger charge is 2.18. The lowest BCUT2D eigenvalue weighted by atomic mass is 10.0. The van der Waals surface area contributed by atoms with Gasteiger partial charge in [-0.15, -0.1) is 0 Å². The van der Waals surface area contributed by atoms with Gasteiger partial charge in [-0.3, -0.25) is 4.79 Å². The zero-order chi connectivity index (χ0) is 17.6. The number of benzene rings is 1. The quantitative estimate of drug-likeness (QED) is 0.468. The molecule has 1 amide bonds. The van der Waals surface area contributed by atoms with Crippen LogP contribution in [0, 0.1) is 6.92 Å². The first-order valence-electron chi connectivity index (χ1n) is 7.32. The Morgan fingerprint density at radius 1 is 1.30 bits per heavy atom. The van der Waals surface area contributed by atoms with E-state index in [1.807, 2.05) is 6.08 Å². The van der Waals surface area contributed by atoms with E-state index in [1.165, 1.54) is 6.07 Å². The standard InChI is InChI=1S/C16H23N3O3S/c1-4-5-6-7-8-12-9-11(2)13(15(20)19-16(17)18)10-14(12)23(3,21)22/h7-10H,4-6H2,1-3H3,(H4,17,18,19,20).